The fraction of sp³-hybridized carbons (Fsp3) is 0.0769. The van der Waals surface area contributed by atoms with Crippen LogP contribution in [0.15, 0.2) is 29.9 Å². The van der Waals surface area contributed by atoms with Crippen molar-refractivity contribution in [3.05, 3.63) is 41.4 Å². The molecule has 7 nitrogen and oxygen atoms in total. The first-order valence-electron chi connectivity index (χ1n) is 6.40. The first-order chi connectivity index (χ1) is 10.7. The second-order valence-electron chi connectivity index (χ2n) is 4.69. The van der Waals surface area contributed by atoms with Crippen molar-refractivity contribution in [3.8, 4) is 0 Å². The van der Waals surface area contributed by atoms with E-state index in [1.165, 1.54) is 23.5 Å². The summed E-state index contributed by atoms with van der Waals surface area (Å²) in [6, 6.07) is 2.67. The van der Waals surface area contributed by atoms with Crippen LogP contribution in [0, 0.1) is 5.82 Å². The highest BCUT2D eigenvalue weighted by Gasteiger charge is 2.13. The number of aromatic nitrogens is 5. The lowest BCUT2D eigenvalue weighted by molar-refractivity contribution is -0.115. The van der Waals surface area contributed by atoms with Crippen molar-refractivity contribution in [2.75, 3.05) is 5.32 Å². The second kappa shape index (κ2) is 4.88. The van der Waals surface area contributed by atoms with Gasteiger partial charge in [0.1, 0.15) is 16.9 Å². The lowest BCUT2D eigenvalue weighted by Gasteiger charge is -2.05. The maximum Gasteiger partial charge on any atom is 0.230 e. The zero-order valence-corrected chi connectivity index (χ0v) is 11.9. The average Bonchev–Trinajstić information content (AvgIpc) is 3.14. The van der Waals surface area contributed by atoms with Crippen molar-refractivity contribution < 1.29 is 9.18 Å². The molecule has 0 aliphatic rings. The number of amides is 1. The number of halogens is 1. The molecule has 1 aromatic carbocycles. The van der Waals surface area contributed by atoms with Gasteiger partial charge in [-0.3, -0.25) is 9.20 Å². The maximum atomic E-state index is 13.9. The van der Waals surface area contributed by atoms with Gasteiger partial charge in [-0.05, 0) is 6.07 Å². The third-order valence-corrected chi connectivity index (χ3v) is 3.93. The van der Waals surface area contributed by atoms with Gasteiger partial charge in [0.25, 0.3) is 0 Å². The molecule has 0 atom stereocenters. The molecule has 0 aliphatic carbocycles. The van der Waals surface area contributed by atoms with E-state index in [4.69, 9.17) is 0 Å². The van der Waals surface area contributed by atoms with E-state index in [9.17, 15) is 9.18 Å². The van der Waals surface area contributed by atoms with E-state index in [2.05, 4.69) is 25.7 Å². The third kappa shape index (κ3) is 2.21. The minimum Gasteiger partial charge on any atom is -0.323 e. The van der Waals surface area contributed by atoms with E-state index in [0.29, 0.717) is 16.7 Å². The average molecular weight is 316 g/mol. The van der Waals surface area contributed by atoms with Gasteiger partial charge in [0.2, 0.25) is 5.91 Å². The van der Waals surface area contributed by atoms with Gasteiger partial charge >= 0.3 is 0 Å². The van der Waals surface area contributed by atoms with Crippen LogP contribution in [0.4, 0.5) is 10.1 Å². The normalized spacial score (nSPS) is 11.3. The molecule has 0 fully saturated rings. The molecule has 0 radical (unpaired) electrons. The molecule has 9 heteroatoms. The number of nitrogens with one attached hydrogen (secondary N) is 2. The number of aromatic amines is 1. The van der Waals surface area contributed by atoms with Crippen molar-refractivity contribution in [3.63, 3.8) is 0 Å². The summed E-state index contributed by atoms with van der Waals surface area (Å²) in [5, 5.41) is 14.5. The summed E-state index contributed by atoms with van der Waals surface area (Å²) < 4.78 is 15.7. The van der Waals surface area contributed by atoms with Crippen molar-refractivity contribution in [2.45, 2.75) is 6.42 Å². The van der Waals surface area contributed by atoms with Crippen LogP contribution in [0.1, 0.15) is 5.69 Å². The number of fused-ring (bicyclic) bond motifs is 2. The number of thiazole rings is 1. The summed E-state index contributed by atoms with van der Waals surface area (Å²) in [5.41, 5.74) is 1.60. The number of nitrogens with zero attached hydrogens (tertiary/aromatic N) is 4. The maximum absolute atomic E-state index is 13.9. The monoisotopic (exact) mass is 316 g/mol. The largest absolute Gasteiger partial charge is 0.323 e. The Morgan fingerprint density at radius 3 is 3.00 bits per heavy atom. The Labute approximate surface area is 126 Å². The highest BCUT2D eigenvalue weighted by atomic mass is 32.1. The summed E-state index contributed by atoms with van der Waals surface area (Å²) >= 11 is 1.49. The van der Waals surface area contributed by atoms with E-state index >= 15 is 0 Å². The van der Waals surface area contributed by atoms with Gasteiger partial charge in [-0.2, -0.15) is 15.4 Å². The Hall–Kier alpha value is -2.81. The predicted octanol–water partition coefficient (Wildman–Crippen LogP) is 1.99. The Morgan fingerprint density at radius 2 is 2.18 bits per heavy atom. The molecule has 0 bridgehead atoms. The quantitative estimate of drug-likeness (QED) is 0.605. The topological polar surface area (TPSA) is 88.0 Å². The van der Waals surface area contributed by atoms with Crippen LogP contribution in [0.2, 0.25) is 0 Å². The van der Waals surface area contributed by atoms with Crippen LogP contribution in [-0.4, -0.2) is 30.7 Å². The zero-order chi connectivity index (χ0) is 15.1. The molecule has 1 amide bonds. The second-order valence-corrected chi connectivity index (χ2v) is 5.57. The Bertz CT molecular complexity index is 958. The standard InChI is InChI=1S/C13H9FN6OS/c14-8-4-10-11(18-19-17-10)5-9(8)16-12(21)3-7-6-20-1-2-22-13(20)15-7/h1-2,4-6H,3H2,(H,16,21)(H,17,18,19). The van der Waals surface area contributed by atoms with Gasteiger partial charge in [-0.15, -0.1) is 11.3 Å². The SMILES string of the molecule is O=C(Cc1cn2ccsc2n1)Nc1cc2n[nH]nc2cc1F. The Morgan fingerprint density at radius 1 is 1.36 bits per heavy atom. The molecule has 22 heavy (non-hydrogen) atoms. The molecule has 3 aromatic heterocycles. The molecule has 0 spiro atoms. The summed E-state index contributed by atoms with van der Waals surface area (Å²) in [7, 11) is 0. The molecule has 3 heterocycles. The highest BCUT2D eigenvalue weighted by Crippen LogP contribution is 2.20. The van der Waals surface area contributed by atoms with Crippen LogP contribution in [0.25, 0.3) is 16.0 Å². The van der Waals surface area contributed by atoms with Crippen molar-refractivity contribution in [1.29, 1.82) is 0 Å². The number of anilines is 1. The fourth-order valence-electron chi connectivity index (χ4n) is 2.18. The van der Waals surface area contributed by atoms with Gasteiger partial charge in [-0.1, -0.05) is 0 Å². The van der Waals surface area contributed by atoms with E-state index < -0.39 is 5.82 Å². The molecule has 0 aliphatic heterocycles. The molecular formula is C13H9FN6OS. The summed E-state index contributed by atoms with van der Waals surface area (Å²) in [6.45, 7) is 0. The van der Waals surface area contributed by atoms with Crippen LogP contribution in [0.3, 0.4) is 0 Å². The zero-order valence-electron chi connectivity index (χ0n) is 11.1. The third-order valence-electron chi connectivity index (χ3n) is 3.16. The van der Waals surface area contributed by atoms with Gasteiger partial charge < -0.3 is 5.32 Å². The minimum absolute atomic E-state index is 0.0741. The Kier molecular flexibility index (Phi) is 2.86. The summed E-state index contributed by atoms with van der Waals surface area (Å²) in [5.74, 6) is -0.895. The number of H-pyrrole nitrogens is 1. The van der Waals surface area contributed by atoms with E-state index in [1.807, 2.05) is 16.0 Å². The number of rotatable bonds is 3. The predicted molar refractivity (Wildman–Crippen MR) is 79.2 cm³/mol. The van der Waals surface area contributed by atoms with Crippen molar-refractivity contribution in [1.82, 2.24) is 24.8 Å². The van der Waals surface area contributed by atoms with Crippen molar-refractivity contribution >= 4 is 38.9 Å². The van der Waals surface area contributed by atoms with E-state index in [0.717, 1.165) is 4.96 Å². The molecule has 2 N–H and O–H groups in total. The van der Waals surface area contributed by atoms with Crippen molar-refractivity contribution in [2.24, 2.45) is 0 Å². The van der Waals surface area contributed by atoms with Gasteiger partial charge in [-0.25, -0.2) is 9.37 Å². The molecule has 0 saturated carbocycles. The number of carbonyl (C=O) groups is 1. The van der Waals surface area contributed by atoms with E-state index in [-0.39, 0.29) is 18.0 Å². The molecular weight excluding hydrogens is 307 g/mol. The highest BCUT2D eigenvalue weighted by molar-refractivity contribution is 7.15. The number of benzene rings is 1. The van der Waals surface area contributed by atoms with E-state index in [1.54, 1.807) is 6.20 Å². The fourth-order valence-corrected chi connectivity index (χ4v) is 2.90. The Balaban J connectivity index is 1.54. The summed E-state index contributed by atoms with van der Waals surface area (Å²) in [6.07, 6.45) is 3.72. The lowest BCUT2D eigenvalue weighted by atomic mass is 10.2. The van der Waals surface area contributed by atoms with Gasteiger partial charge in [0, 0.05) is 23.8 Å². The molecule has 4 rings (SSSR count). The molecule has 0 unspecified atom stereocenters. The van der Waals surface area contributed by atoms with Crippen LogP contribution in [0.5, 0.6) is 0 Å². The minimum atomic E-state index is -0.555. The lowest BCUT2D eigenvalue weighted by Crippen LogP contribution is -2.15. The first-order valence-corrected chi connectivity index (χ1v) is 7.28. The smallest absolute Gasteiger partial charge is 0.230 e. The van der Waals surface area contributed by atoms with Crippen LogP contribution < -0.4 is 5.32 Å². The number of imidazole rings is 1. The van der Waals surface area contributed by atoms with Crippen LogP contribution in [-0.2, 0) is 11.2 Å². The number of hydrogen-bond acceptors (Lipinski definition) is 5. The molecule has 110 valence electrons. The van der Waals surface area contributed by atoms with Crippen LogP contribution >= 0.6 is 11.3 Å². The number of carbonyl (C=O) groups excluding carboxylic acids is 1. The van der Waals surface area contributed by atoms with Gasteiger partial charge in [0.15, 0.2) is 4.96 Å². The molecule has 0 saturated heterocycles. The summed E-state index contributed by atoms with van der Waals surface area (Å²) in [4.78, 5) is 17.2. The molecule has 4 aromatic rings. The van der Waals surface area contributed by atoms with Gasteiger partial charge in [0.05, 0.1) is 17.8 Å². The first kappa shape index (κ1) is 12.9. The number of hydrogen-bond donors (Lipinski definition) is 2.